The van der Waals surface area contributed by atoms with Gasteiger partial charge in [0.15, 0.2) is 0 Å². The molecular formula is C21H14Cl2FNO4S. The quantitative estimate of drug-likeness (QED) is 0.497. The van der Waals surface area contributed by atoms with Crippen molar-refractivity contribution >= 4 is 44.2 Å². The van der Waals surface area contributed by atoms with Crippen LogP contribution in [0, 0.1) is 5.82 Å². The first-order valence-corrected chi connectivity index (χ1v) is 11.0. The van der Waals surface area contributed by atoms with Crippen molar-refractivity contribution in [2.45, 2.75) is 10.9 Å². The molecule has 3 aromatic rings. The molecule has 0 N–H and O–H groups in total. The summed E-state index contributed by atoms with van der Waals surface area (Å²) >= 11 is 11.5. The SMILES string of the molecule is O=C(Cl)c1ccc2c(c1)OCC(c1ccc(Cl)cc1)N2S(=O)(=O)c1ccc(F)cc1. The number of carbonyl (C=O) groups excluding carboxylic acids is 1. The third kappa shape index (κ3) is 3.76. The van der Waals surface area contributed by atoms with Gasteiger partial charge in [-0.3, -0.25) is 9.10 Å². The van der Waals surface area contributed by atoms with E-state index < -0.39 is 27.1 Å². The number of anilines is 1. The van der Waals surface area contributed by atoms with Crippen LogP contribution in [0.2, 0.25) is 5.02 Å². The normalized spacial score (nSPS) is 16.0. The summed E-state index contributed by atoms with van der Waals surface area (Å²) < 4.78 is 47.5. The number of carbonyl (C=O) groups is 1. The Labute approximate surface area is 182 Å². The van der Waals surface area contributed by atoms with Crippen LogP contribution in [0.4, 0.5) is 10.1 Å². The van der Waals surface area contributed by atoms with Crippen LogP contribution < -0.4 is 9.04 Å². The van der Waals surface area contributed by atoms with E-state index in [4.69, 9.17) is 27.9 Å². The van der Waals surface area contributed by atoms with Gasteiger partial charge in [-0.05, 0) is 71.8 Å². The molecule has 0 radical (unpaired) electrons. The number of ether oxygens (including phenoxy) is 1. The Morgan fingerprint density at radius 1 is 1.03 bits per heavy atom. The highest BCUT2D eigenvalue weighted by molar-refractivity contribution is 7.92. The molecule has 4 rings (SSSR count). The molecule has 5 nitrogen and oxygen atoms in total. The number of nitrogens with zero attached hydrogens (tertiary/aromatic N) is 1. The maximum atomic E-state index is 13.6. The Kier molecular flexibility index (Phi) is 5.44. The maximum absolute atomic E-state index is 13.6. The van der Waals surface area contributed by atoms with Crippen LogP contribution in [0.5, 0.6) is 5.75 Å². The summed E-state index contributed by atoms with van der Waals surface area (Å²) in [7, 11) is -4.10. The molecule has 3 aromatic carbocycles. The van der Waals surface area contributed by atoms with E-state index in [9.17, 15) is 17.6 Å². The first-order valence-electron chi connectivity index (χ1n) is 8.79. The lowest BCUT2D eigenvalue weighted by Gasteiger charge is -2.38. The van der Waals surface area contributed by atoms with E-state index in [1.807, 2.05) is 0 Å². The predicted molar refractivity (Wildman–Crippen MR) is 112 cm³/mol. The van der Waals surface area contributed by atoms with Crippen molar-refractivity contribution in [2.24, 2.45) is 0 Å². The zero-order valence-corrected chi connectivity index (χ0v) is 17.6. The number of rotatable bonds is 4. The number of benzene rings is 3. The Bertz CT molecular complexity index is 1210. The predicted octanol–water partition coefficient (Wildman–Crippen LogP) is 5.19. The summed E-state index contributed by atoms with van der Waals surface area (Å²) in [5.41, 5.74) is 1.08. The summed E-state index contributed by atoms with van der Waals surface area (Å²) in [5.74, 6) is -0.340. The zero-order valence-electron chi connectivity index (χ0n) is 15.3. The first kappa shape index (κ1) is 20.7. The second-order valence-electron chi connectivity index (χ2n) is 6.59. The minimum absolute atomic E-state index is 0.00497. The van der Waals surface area contributed by atoms with Crippen molar-refractivity contribution in [3.05, 3.63) is 88.7 Å². The van der Waals surface area contributed by atoms with Crippen LogP contribution in [-0.4, -0.2) is 20.3 Å². The van der Waals surface area contributed by atoms with Gasteiger partial charge in [-0.15, -0.1) is 0 Å². The molecule has 0 saturated heterocycles. The van der Waals surface area contributed by atoms with E-state index in [1.165, 1.54) is 34.6 Å². The van der Waals surface area contributed by atoms with Crippen molar-refractivity contribution in [2.75, 3.05) is 10.9 Å². The average Bonchev–Trinajstić information content (AvgIpc) is 2.73. The lowest BCUT2D eigenvalue weighted by molar-refractivity contribution is 0.108. The van der Waals surface area contributed by atoms with Gasteiger partial charge >= 0.3 is 0 Å². The molecule has 30 heavy (non-hydrogen) atoms. The topological polar surface area (TPSA) is 63.7 Å². The molecule has 0 fully saturated rings. The molecule has 9 heteroatoms. The standard InChI is InChI=1S/C21H14Cl2FNO4S/c22-15-4-1-13(2-5-15)19-12-29-20-11-14(21(23)26)3-10-18(20)25(19)30(27,28)17-8-6-16(24)7-9-17/h1-11,19H,12H2. The summed E-state index contributed by atoms with van der Waals surface area (Å²) in [6.45, 7) is -0.00497. The summed E-state index contributed by atoms with van der Waals surface area (Å²) in [4.78, 5) is 11.4. The van der Waals surface area contributed by atoms with E-state index in [-0.39, 0.29) is 28.5 Å². The third-order valence-electron chi connectivity index (χ3n) is 4.73. The van der Waals surface area contributed by atoms with Gasteiger partial charge < -0.3 is 4.74 Å². The molecule has 154 valence electrons. The van der Waals surface area contributed by atoms with Crippen LogP contribution >= 0.6 is 23.2 Å². The van der Waals surface area contributed by atoms with Crippen molar-refractivity contribution in [3.63, 3.8) is 0 Å². The van der Waals surface area contributed by atoms with E-state index >= 15 is 0 Å². The number of sulfonamides is 1. The molecule has 1 atom stereocenters. The zero-order chi connectivity index (χ0) is 21.5. The van der Waals surface area contributed by atoms with E-state index in [0.717, 1.165) is 12.1 Å². The molecule has 0 saturated carbocycles. The Hall–Kier alpha value is -2.61. The minimum Gasteiger partial charge on any atom is -0.489 e. The number of fused-ring (bicyclic) bond motifs is 1. The van der Waals surface area contributed by atoms with Gasteiger partial charge in [0, 0.05) is 10.6 Å². The first-order chi connectivity index (χ1) is 14.3. The molecular weight excluding hydrogens is 452 g/mol. The van der Waals surface area contributed by atoms with Gasteiger partial charge in [-0.25, -0.2) is 12.8 Å². The van der Waals surface area contributed by atoms with Crippen LogP contribution in [0.15, 0.2) is 71.6 Å². The van der Waals surface area contributed by atoms with E-state index in [0.29, 0.717) is 10.6 Å². The molecule has 0 spiro atoms. The second-order valence-corrected chi connectivity index (χ2v) is 9.18. The molecule has 0 amide bonds. The number of halogens is 3. The highest BCUT2D eigenvalue weighted by Crippen LogP contribution is 2.43. The highest BCUT2D eigenvalue weighted by atomic mass is 35.5. The van der Waals surface area contributed by atoms with Gasteiger partial charge in [0.2, 0.25) is 0 Å². The smallest absolute Gasteiger partial charge is 0.265 e. The minimum atomic E-state index is -4.10. The number of hydrogen-bond acceptors (Lipinski definition) is 4. The van der Waals surface area contributed by atoms with Crippen molar-refractivity contribution < 1.29 is 22.3 Å². The Morgan fingerprint density at radius 3 is 2.33 bits per heavy atom. The Morgan fingerprint density at radius 2 is 1.70 bits per heavy atom. The molecule has 1 aliphatic rings. The molecule has 1 aliphatic heterocycles. The van der Waals surface area contributed by atoms with E-state index in [2.05, 4.69) is 0 Å². The van der Waals surface area contributed by atoms with Crippen LogP contribution in [0.25, 0.3) is 0 Å². The summed E-state index contributed by atoms with van der Waals surface area (Å²) in [6.07, 6.45) is 0. The molecule has 1 heterocycles. The van der Waals surface area contributed by atoms with E-state index in [1.54, 1.807) is 24.3 Å². The summed E-state index contributed by atoms with van der Waals surface area (Å²) in [5, 5.41) is -0.178. The van der Waals surface area contributed by atoms with Crippen molar-refractivity contribution in [1.29, 1.82) is 0 Å². The van der Waals surface area contributed by atoms with Gasteiger partial charge in [0.1, 0.15) is 24.2 Å². The maximum Gasteiger partial charge on any atom is 0.265 e. The summed E-state index contributed by atoms with van der Waals surface area (Å²) in [6, 6.07) is 14.9. The van der Waals surface area contributed by atoms with Crippen LogP contribution in [-0.2, 0) is 10.0 Å². The largest absolute Gasteiger partial charge is 0.489 e. The average molecular weight is 466 g/mol. The molecule has 1 unspecified atom stereocenters. The fourth-order valence-electron chi connectivity index (χ4n) is 3.27. The van der Waals surface area contributed by atoms with Crippen LogP contribution in [0.3, 0.4) is 0 Å². The fraction of sp³-hybridized carbons (Fsp3) is 0.0952. The number of hydrogen-bond donors (Lipinski definition) is 0. The fourth-order valence-corrected chi connectivity index (χ4v) is 5.15. The Balaban J connectivity index is 1.89. The second kappa shape index (κ2) is 7.91. The molecule has 0 bridgehead atoms. The van der Waals surface area contributed by atoms with Gasteiger partial charge in [0.25, 0.3) is 15.3 Å². The van der Waals surface area contributed by atoms with Crippen LogP contribution in [0.1, 0.15) is 22.0 Å². The van der Waals surface area contributed by atoms with Gasteiger partial charge in [-0.2, -0.15) is 0 Å². The van der Waals surface area contributed by atoms with Gasteiger partial charge in [0.05, 0.1) is 10.6 Å². The molecule has 0 aliphatic carbocycles. The van der Waals surface area contributed by atoms with Crippen molar-refractivity contribution in [1.82, 2.24) is 0 Å². The van der Waals surface area contributed by atoms with Gasteiger partial charge in [-0.1, -0.05) is 23.7 Å². The molecule has 0 aromatic heterocycles. The van der Waals surface area contributed by atoms with Crippen molar-refractivity contribution in [3.8, 4) is 5.75 Å². The third-order valence-corrected chi connectivity index (χ3v) is 7.04. The lowest BCUT2D eigenvalue weighted by atomic mass is 10.1. The highest BCUT2D eigenvalue weighted by Gasteiger charge is 2.38. The lowest BCUT2D eigenvalue weighted by Crippen LogP contribution is -2.41. The monoisotopic (exact) mass is 465 g/mol.